The summed E-state index contributed by atoms with van der Waals surface area (Å²) in [6.45, 7) is 0. The number of fused-ring (bicyclic) bond motifs is 1. The zero-order valence-electron chi connectivity index (χ0n) is 10.7. The van der Waals surface area contributed by atoms with Crippen LogP contribution in [-0.4, -0.2) is 20.9 Å². The highest BCUT2D eigenvalue weighted by molar-refractivity contribution is 5.92. The van der Waals surface area contributed by atoms with Gasteiger partial charge in [-0.1, -0.05) is 18.2 Å². The lowest BCUT2D eigenvalue weighted by Crippen LogP contribution is -2.16. The van der Waals surface area contributed by atoms with Crippen LogP contribution in [0.1, 0.15) is 21.9 Å². The van der Waals surface area contributed by atoms with Crippen molar-refractivity contribution in [2.24, 2.45) is 5.73 Å². The molecular weight excluding hydrogens is 252 g/mol. The van der Waals surface area contributed by atoms with Crippen LogP contribution in [-0.2, 0) is 6.42 Å². The Kier molecular flexibility index (Phi) is 3.09. The van der Waals surface area contributed by atoms with Gasteiger partial charge in [0, 0.05) is 24.2 Å². The van der Waals surface area contributed by atoms with E-state index < -0.39 is 5.91 Å². The van der Waals surface area contributed by atoms with E-state index in [9.17, 15) is 4.79 Å². The number of hydrogen-bond acceptors (Lipinski definition) is 4. The van der Waals surface area contributed by atoms with Crippen LogP contribution in [0.25, 0.3) is 10.9 Å². The van der Waals surface area contributed by atoms with Gasteiger partial charge in [-0.25, -0.2) is 9.97 Å². The third-order valence-electron chi connectivity index (χ3n) is 3.02. The van der Waals surface area contributed by atoms with Gasteiger partial charge in [-0.15, -0.1) is 0 Å². The van der Waals surface area contributed by atoms with Crippen molar-refractivity contribution in [3.05, 3.63) is 65.9 Å². The van der Waals surface area contributed by atoms with Crippen molar-refractivity contribution in [3.63, 3.8) is 0 Å². The number of nitrogens with two attached hydrogens (primary N) is 1. The molecule has 2 N–H and O–H groups in total. The minimum atomic E-state index is -0.619. The Labute approximate surface area is 115 Å². The van der Waals surface area contributed by atoms with Gasteiger partial charge in [0.25, 0.3) is 5.91 Å². The van der Waals surface area contributed by atoms with Crippen LogP contribution in [0.4, 0.5) is 0 Å². The predicted molar refractivity (Wildman–Crippen MR) is 75.1 cm³/mol. The van der Waals surface area contributed by atoms with Crippen molar-refractivity contribution >= 4 is 16.8 Å². The minimum Gasteiger partial charge on any atom is -0.363 e. The number of primary amides is 1. The molecule has 0 saturated heterocycles. The Balaban J connectivity index is 2.15. The Morgan fingerprint density at radius 3 is 2.55 bits per heavy atom. The fourth-order valence-electron chi connectivity index (χ4n) is 2.08. The molecule has 3 aromatic rings. The second-order valence-electron chi connectivity index (χ2n) is 4.41. The molecule has 20 heavy (non-hydrogen) atoms. The highest BCUT2D eigenvalue weighted by Gasteiger charge is 2.11. The molecule has 0 saturated carbocycles. The number of hydrogen-bond donors (Lipinski definition) is 1. The third kappa shape index (κ3) is 2.33. The van der Waals surface area contributed by atoms with E-state index in [-0.39, 0.29) is 5.82 Å². The number of aromatic nitrogens is 3. The van der Waals surface area contributed by atoms with Gasteiger partial charge in [0.05, 0.1) is 11.2 Å². The van der Waals surface area contributed by atoms with Crippen molar-refractivity contribution in [1.82, 2.24) is 15.0 Å². The molecule has 2 aromatic heterocycles. The molecule has 5 nitrogen and oxygen atoms in total. The molecule has 0 atom stereocenters. The molecule has 0 unspecified atom stereocenters. The first-order valence-electron chi connectivity index (χ1n) is 6.18. The van der Waals surface area contributed by atoms with E-state index in [1.54, 1.807) is 12.4 Å². The lowest BCUT2D eigenvalue weighted by Gasteiger charge is -2.07. The fraction of sp³-hybridized carbons (Fsp3) is 0.0667. The van der Waals surface area contributed by atoms with Gasteiger partial charge >= 0.3 is 0 Å². The summed E-state index contributed by atoms with van der Waals surface area (Å²) in [5.41, 5.74) is 7.87. The van der Waals surface area contributed by atoms with E-state index in [2.05, 4.69) is 15.0 Å². The maximum atomic E-state index is 11.3. The van der Waals surface area contributed by atoms with E-state index in [1.807, 2.05) is 36.4 Å². The molecule has 1 amide bonds. The smallest absolute Gasteiger partial charge is 0.286 e. The van der Waals surface area contributed by atoms with Crippen LogP contribution in [0.5, 0.6) is 0 Å². The van der Waals surface area contributed by atoms with E-state index >= 15 is 0 Å². The van der Waals surface area contributed by atoms with Crippen molar-refractivity contribution in [3.8, 4) is 0 Å². The molecule has 0 spiro atoms. The normalized spacial score (nSPS) is 10.6. The van der Waals surface area contributed by atoms with Gasteiger partial charge in [0.15, 0.2) is 0 Å². The summed E-state index contributed by atoms with van der Waals surface area (Å²) in [5, 5.41) is 0.925. The zero-order chi connectivity index (χ0) is 13.9. The average Bonchev–Trinajstić information content (AvgIpc) is 2.48. The number of carbonyl (C=O) groups excluding carboxylic acids is 1. The standard InChI is InChI=1S/C15H12N4O/c16-14(20)15-18-12-4-2-1-3-11(12)13(19-15)9-10-5-7-17-8-6-10/h1-8H,9H2,(H2,16,20). The summed E-state index contributed by atoms with van der Waals surface area (Å²) in [6.07, 6.45) is 4.06. The Morgan fingerprint density at radius 2 is 1.80 bits per heavy atom. The molecule has 0 aliphatic rings. The second kappa shape index (κ2) is 5.05. The molecule has 5 heteroatoms. The van der Waals surface area contributed by atoms with Gasteiger partial charge in [-0.3, -0.25) is 9.78 Å². The maximum absolute atomic E-state index is 11.3. The minimum absolute atomic E-state index is 0.0488. The number of amides is 1. The van der Waals surface area contributed by atoms with Crippen LogP contribution >= 0.6 is 0 Å². The molecule has 3 rings (SSSR count). The Morgan fingerprint density at radius 1 is 1.05 bits per heavy atom. The first-order chi connectivity index (χ1) is 9.74. The number of carbonyl (C=O) groups is 1. The van der Waals surface area contributed by atoms with Gasteiger partial charge in [0.1, 0.15) is 0 Å². The number of benzene rings is 1. The van der Waals surface area contributed by atoms with Crippen LogP contribution in [0, 0.1) is 0 Å². The van der Waals surface area contributed by atoms with Crippen LogP contribution in [0.2, 0.25) is 0 Å². The first-order valence-corrected chi connectivity index (χ1v) is 6.18. The molecule has 0 aliphatic carbocycles. The first kappa shape index (κ1) is 12.2. The Hall–Kier alpha value is -2.82. The number of nitrogens with zero attached hydrogens (tertiary/aromatic N) is 3. The number of para-hydroxylation sites is 1. The topological polar surface area (TPSA) is 81.8 Å². The second-order valence-corrected chi connectivity index (χ2v) is 4.41. The Bertz CT molecular complexity index is 771. The molecule has 0 fully saturated rings. The molecule has 0 aliphatic heterocycles. The molecule has 1 aromatic carbocycles. The van der Waals surface area contributed by atoms with E-state index in [1.165, 1.54) is 0 Å². The summed E-state index contributed by atoms with van der Waals surface area (Å²) in [5.74, 6) is -0.570. The predicted octanol–water partition coefficient (Wildman–Crippen LogP) is 1.71. The zero-order valence-corrected chi connectivity index (χ0v) is 10.7. The van der Waals surface area contributed by atoms with Crippen LogP contribution in [0.15, 0.2) is 48.8 Å². The molecule has 0 bridgehead atoms. The number of pyridine rings is 1. The summed E-state index contributed by atoms with van der Waals surface area (Å²) in [7, 11) is 0. The van der Waals surface area contributed by atoms with E-state index in [0.717, 1.165) is 22.2 Å². The average molecular weight is 264 g/mol. The van der Waals surface area contributed by atoms with Crippen LogP contribution in [0.3, 0.4) is 0 Å². The van der Waals surface area contributed by atoms with Crippen molar-refractivity contribution < 1.29 is 4.79 Å². The van der Waals surface area contributed by atoms with Crippen molar-refractivity contribution in [2.75, 3.05) is 0 Å². The highest BCUT2D eigenvalue weighted by Crippen LogP contribution is 2.18. The summed E-state index contributed by atoms with van der Waals surface area (Å²) >= 11 is 0. The van der Waals surface area contributed by atoms with Gasteiger partial charge in [0.2, 0.25) is 5.82 Å². The number of rotatable bonds is 3. The maximum Gasteiger partial charge on any atom is 0.286 e. The third-order valence-corrected chi connectivity index (χ3v) is 3.02. The lowest BCUT2D eigenvalue weighted by molar-refractivity contribution is 0.0990. The van der Waals surface area contributed by atoms with Gasteiger partial charge in [-0.05, 0) is 23.8 Å². The summed E-state index contributed by atoms with van der Waals surface area (Å²) in [6, 6.07) is 11.4. The molecule has 2 heterocycles. The monoisotopic (exact) mass is 264 g/mol. The van der Waals surface area contributed by atoms with Crippen molar-refractivity contribution in [2.45, 2.75) is 6.42 Å². The van der Waals surface area contributed by atoms with Gasteiger partial charge < -0.3 is 5.73 Å². The largest absolute Gasteiger partial charge is 0.363 e. The lowest BCUT2D eigenvalue weighted by atomic mass is 10.1. The SMILES string of the molecule is NC(=O)c1nc(Cc2ccncc2)c2ccccc2n1. The van der Waals surface area contributed by atoms with Gasteiger partial charge in [-0.2, -0.15) is 0 Å². The quantitative estimate of drug-likeness (QED) is 0.780. The fourth-order valence-corrected chi connectivity index (χ4v) is 2.08. The van der Waals surface area contributed by atoms with Crippen LogP contribution < -0.4 is 5.73 Å². The van der Waals surface area contributed by atoms with Crippen molar-refractivity contribution in [1.29, 1.82) is 0 Å². The molecule has 0 radical (unpaired) electrons. The highest BCUT2D eigenvalue weighted by atomic mass is 16.1. The summed E-state index contributed by atoms with van der Waals surface area (Å²) < 4.78 is 0. The summed E-state index contributed by atoms with van der Waals surface area (Å²) in [4.78, 5) is 23.8. The van der Waals surface area contributed by atoms with E-state index in [4.69, 9.17) is 5.73 Å². The molecule has 98 valence electrons. The molecular formula is C15H12N4O. The van der Waals surface area contributed by atoms with E-state index in [0.29, 0.717) is 6.42 Å².